The van der Waals surface area contributed by atoms with Crippen LogP contribution >= 0.6 is 22.6 Å². The Morgan fingerprint density at radius 1 is 0.862 bits per heavy atom. The fraction of sp³-hybridized carbons (Fsp3) is 0.0909. The minimum atomic E-state index is -0.467. The van der Waals surface area contributed by atoms with E-state index in [2.05, 4.69) is 33.4 Å². The molecule has 0 spiro atoms. The summed E-state index contributed by atoms with van der Waals surface area (Å²) in [6.45, 7) is 0.335. The van der Waals surface area contributed by atoms with Gasteiger partial charge in [-0.25, -0.2) is 0 Å². The molecule has 0 heterocycles. The molecule has 2 N–H and O–H groups in total. The third kappa shape index (κ3) is 5.47. The lowest BCUT2D eigenvalue weighted by atomic mass is 10.2. The predicted molar refractivity (Wildman–Crippen MR) is 118 cm³/mol. The van der Waals surface area contributed by atoms with E-state index in [1.54, 1.807) is 49.6 Å². The van der Waals surface area contributed by atoms with Gasteiger partial charge in [-0.15, -0.1) is 0 Å². The van der Waals surface area contributed by atoms with Crippen LogP contribution in [0.1, 0.15) is 26.3 Å². The normalized spacial score (nSPS) is 10.1. The summed E-state index contributed by atoms with van der Waals surface area (Å²) in [5.74, 6) is 0.213. The van der Waals surface area contributed by atoms with Crippen LogP contribution < -0.4 is 20.3 Å². The van der Waals surface area contributed by atoms with Crippen molar-refractivity contribution in [3.05, 3.63) is 93.1 Å². The number of methoxy groups -OCH3 is 1. The van der Waals surface area contributed by atoms with Crippen molar-refractivity contribution in [3.8, 4) is 11.5 Å². The summed E-state index contributed by atoms with van der Waals surface area (Å²) in [6.07, 6.45) is 0. The van der Waals surface area contributed by atoms with Crippen LogP contribution in [0.15, 0.2) is 72.8 Å². The molecule has 0 saturated carbocycles. The van der Waals surface area contributed by atoms with E-state index in [9.17, 15) is 9.59 Å². The molecule has 0 aliphatic carbocycles. The highest BCUT2D eigenvalue weighted by molar-refractivity contribution is 14.1. The van der Waals surface area contributed by atoms with Crippen molar-refractivity contribution in [3.63, 3.8) is 0 Å². The molecule has 3 aromatic carbocycles. The second-order valence-electron chi connectivity index (χ2n) is 6.03. The summed E-state index contributed by atoms with van der Waals surface area (Å²) in [5.41, 5.74) is 6.58. The van der Waals surface area contributed by atoms with Crippen LogP contribution in [0.2, 0.25) is 0 Å². The van der Waals surface area contributed by atoms with E-state index in [-0.39, 0.29) is 0 Å². The molecule has 2 amide bonds. The summed E-state index contributed by atoms with van der Waals surface area (Å²) in [7, 11) is 1.56. The van der Waals surface area contributed by atoms with Crippen LogP contribution in [0, 0.1) is 3.57 Å². The van der Waals surface area contributed by atoms with E-state index < -0.39 is 11.8 Å². The van der Waals surface area contributed by atoms with Crippen molar-refractivity contribution in [2.45, 2.75) is 6.61 Å². The minimum Gasteiger partial charge on any atom is -0.496 e. The van der Waals surface area contributed by atoms with Crippen LogP contribution in [-0.2, 0) is 6.61 Å². The van der Waals surface area contributed by atoms with Crippen molar-refractivity contribution >= 4 is 34.4 Å². The monoisotopic (exact) mass is 502 g/mol. The summed E-state index contributed by atoms with van der Waals surface area (Å²) in [5, 5.41) is 0. The maximum absolute atomic E-state index is 12.6. The number of rotatable bonds is 6. The summed E-state index contributed by atoms with van der Waals surface area (Å²) >= 11 is 2.08. The van der Waals surface area contributed by atoms with Gasteiger partial charge in [-0.1, -0.05) is 42.5 Å². The molecule has 0 aliphatic heterocycles. The molecule has 0 aromatic heterocycles. The number of carbonyl (C=O) groups excluding carboxylic acids is 2. The van der Waals surface area contributed by atoms with Crippen LogP contribution in [0.3, 0.4) is 0 Å². The Balaban J connectivity index is 1.63. The zero-order chi connectivity index (χ0) is 20.6. The highest BCUT2D eigenvalue weighted by Crippen LogP contribution is 2.22. The van der Waals surface area contributed by atoms with Crippen LogP contribution in [0.4, 0.5) is 0 Å². The Morgan fingerprint density at radius 3 is 2.28 bits per heavy atom. The average Bonchev–Trinajstić information content (AvgIpc) is 2.76. The molecule has 0 bridgehead atoms. The average molecular weight is 502 g/mol. The topological polar surface area (TPSA) is 76.7 Å². The van der Waals surface area contributed by atoms with E-state index in [4.69, 9.17) is 9.47 Å². The molecule has 0 unspecified atom stereocenters. The number of nitrogens with one attached hydrogen (secondary N) is 2. The molecule has 0 aliphatic rings. The number of carbonyl (C=O) groups is 2. The molecule has 7 heteroatoms. The summed E-state index contributed by atoms with van der Waals surface area (Å²) < 4.78 is 11.8. The van der Waals surface area contributed by atoms with Gasteiger partial charge >= 0.3 is 0 Å². The smallest absolute Gasteiger partial charge is 0.273 e. The number of para-hydroxylation sites is 1. The van der Waals surface area contributed by atoms with Gasteiger partial charge in [-0.05, 0) is 58.5 Å². The lowest BCUT2D eigenvalue weighted by molar-refractivity contribution is 0.0844. The summed E-state index contributed by atoms with van der Waals surface area (Å²) in [4.78, 5) is 24.9. The van der Waals surface area contributed by atoms with Gasteiger partial charge in [-0.3, -0.25) is 20.4 Å². The fourth-order valence-corrected chi connectivity index (χ4v) is 3.31. The number of ether oxygens (including phenoxy) is 2. The molecule has 3 rings (SSSR count). The zero-order valence-electron chi connectivity index (χ0n) is 15.6. The highest BCUT2D eigenvalue weighted by atomic mass is 127. The van der Waals surface area contributed by atoms with E-state index >= 15 is 0 Å². The number of hydrazine groups is 1. The number of hydrogen-bond donors (Lipinski definition) is 2. The van der Waals surface area contributed by atoms with Crippen molar-refractivity contribution in [1.29, 1.82) is 0 Å². The van der Waals surface area contributed by atoms with Gasteiger partial charge in [0.05, 0.1) is 16.2 Å². The molecule has 0 saturated heterocycles. The van der Waals surface area contributed by atoms with Gasteiger partial charge in [-0.2, -0.15) is 0 Å². The third-order valence-corrected chi connectivity index (χ3v) is 4.92. The first-order valence-electron chi connectivity index (χ1n) is 8.78. The van der Waals surface area contributed by atoms with E-state index in [1.807, 2.05) is 30.3 Å². The molecule has 0 atom stereocenters. The lowest BCUT2D eigenvalue weighted by Gasteiger charge is -2.13. The van der Waals surface area contributed by atoms with Gasteiger partial charge in [0.2, 0.25) is 0 Å². The Kier molecular flexibility index (Phi) is 7.07. The number of hydrogen-bond acceptors (Lipinski definition) is 4. The van der Waals surface area contributed by atoms with Crippen molar-refractivity contribution in [2.24, 2.45) is 0 Å². The molecule has 3 aromatic rings. The van der Waals surface area contributed by atoms with Gasteiger partial charge in [0.25, 0.3) is 11.8 Å². The fourth-order valence-electron chi connectivity index (χ4n) is 2.58. The standard InChI is InChI=1S/C22H19IN2O4/c1-28-20-12-11-16(13-18(20)23)21(26)24-25-22(27)17-9-5-6-10-19(17)29-14-15-7-3-2-4-8-15/h2-13H,14H2,1H3,(H,24,26)(H,25,27). The molecule has 0 fully saturated rings. The van der Waals surface area contributed by atoms with Crippen LogP contribution in [0.25, 0.3) is 0 Å². The number of halogens is 1. The molecular formula is C22H19IN2O4. The molecule has 148 valence electrons. The Bertz CT molecular complexity index is 1010. The van der Waals surface area contributed by atoms with Crippen LogP contribution in [-0.4, -0.2) is 18.9 Å². The first kappa shape index (κ1) is 20.7. The first-order chi connectivity index (χ1) is 14.1. The van der Waals surface area contributed by atoms with Gasteiger partial charge < -0.3 is 9.47 Å². The number of benzene rings is 3. The maximum atomic E-state index is 12.6. The molecule has 0 radical (unpaired) electrons. The van der Waals surface area contributed by atoms with Gasteiger partial charge in [0.15, 0.2) is 0 Å². The second kappa shape index (κ2) is 9.92. The zero-order valence-corrected chi connectivity index (χ0v) is 17.8. The minimum absolute atomic E-state index is 0.327. The van der Waals surface area contributed by atoms with Gasteiger partial charge in [0.1, 0.15) is 18.1 Å². The Labute approximate surface area is 182 Å². The lowest BCUT2D eigenvalue weighted by Crippen LogP contribution is -2.41. The molecule has 6 nitrogen and oxygen atoms in total. The Hall–Kier alpha value is -3.07. The Morgan fingerprint density at radius 2 is 1.55 bits per heavy atom. The van der Waals surface area contributed by atoms with Crippen LogP contribution in [0.5, 0.6) is 11.5 Å². The third-order valence-electron chi connectivity index (χ3n) is 4.07. The quantitative estimate of drug-likeness (QED) is 0.396. The second-order valence-corrected chi connectivity index (χ2v) is 7.19. The predicted octanol–water partition coefficient (Wildman–Crippen LogP) is 3.95. The summed E-state index contributed by atoms with van der Waals surface area (Å²) in [6, 6.07) is 21.5. The van der Waals surface area contributed by atoms with Crippen molar-refractivity contribution < 1.29 is 19.1 Å². The molecule has 29 heavy (non-hydrogen) atoms. The largest absolute Gasteiger partial charge is 0.496 e. The van der Waals surface area contributed by atoms with Crippen molar-refractivity contribution in [2.75, 3.05) is 7.11 Å². The van der Waals surface area contributed by atoms with E-state index in [0.29, 0.717) is 29.2 Å². The van der Waals surface area contributed by atoms with E-state index in [0.717, 1.165) is 9.13 Å². The maximum Gasteiger partial charge on any atom is 0.273 e. The first-order valence-corrected chi connectivity index (χ1v) is 9.86. The highest BCUT2D eigenvalue weighted by Gasteiger charge is 2.14. The van der Waals surface area contributed by atoms with E-state index in [1.165, 1.54) is 0 Å². The van der Waals surface area contributed by atoms with Gasteiger partial charge in [0, 0.05) is 5.56 Å². The SMILES string of the molecule is COc1ccc(C(=O)NNC(=O)c2ccccc2OCc2ccccc2)cc1I. The number of amides is 2. The molecular weight excluding hydrogens is 483 g/mol. The van der Waals surface area contributed by atoms with Crippen molar-refractivity contribution in [1.82, 2.24) is 10.9 Å².